The number of guanidine groups is 1. The van der Waals surface area contributed by atoms with Gasteiger partial charge in [0.25, 0.3) is 6.71 Å². The quantitative estimate of drug-likeness (QED) is 0.0871. The Morgan fingerprint density at radius 2 is 0.708 bits per heavy atom. The summed E-state index contributed by atoms with van der Waals surface area (Å²) in [6.45, 7) is -0.231. The smallest absolute Gasteiger partial charge is 0.252 e. The van der Waals surface area contributed by atoms with Gasteiger partial charge in [-0.1, -0.05) is 322 Å². The third-order valence-electron chi connectivity index (χ3n) is 19.5. The fourth-order valence-electron chi connectivity index (χ4n) is 15.5. The summed E-state index contributed by atoms with van der Waals surface area (Å²) in [6, 6.07) is 142. The van der Waals surface area contributed by atoms with Gasteiger partial charge >= 0.3 is 0 Å². The molecule has 0 saturated carbocycles. The van der Waals surface area contributed by atoms with E-state index in [0.29, 0.717) is 11.8 Å². The molecule has 0 spiro atoms. The van der Waals surface area contributed by atoms with Crippen molar-refractivity contribution >= 4 is 138 Å². The Morgan fingerprint density at radius 1 is 0.312 bits per heavy atom. The first kappa shape index (κ1) is 58.0. The van der Waals surface area contributed by atoms with Crippen LogP contribution in [0.5, 0.6) is 0 Å². The average molecular weight is 1260 g/mol. The van der Waals surface area contributed by atoms with E-state index in [-0.39, 0.29) is 6.71 Å². The summed E-state index contributed by atoms with van der Waals surface area (Å²) in [5, 5.41) is 14.4. The molecule has 1 N–H and O–H groups in total. The molecule has 3 aliphatic heterocycles. The van der Waals surface area contributed by atoms with Gasteiger partial charge < -0.3 is 15.1 Å². The van der Waals surface area contributed by atoms with Gasteiger partial charge in [-0.3, -0.25) is 4.90 Å². The molecular weight excluding hydrogens is 1200 g/mol. The van der Waals surface area contributed by atoms with Crippen molar-refractivity contribution < 1.29 is 0 Å². The summed E-state index contributed by atoms with van der Waals surface area (Å²) in [5.41, 5.74) is 13.9. The van der Waals surface area contributed by atoms with Crippen LogP contribution in [0.4, 0.5) is 45.5 Å². The van der Waals surface area contributed by atoms with E-state index in [4.69, 9.17) is 9.98 Å². The predicted molar refractivity (Wildman–Crippen MR) is 409 cm³/mol. The highest BCUT2D eigenvalue weighted by atomic mass is 28.3. The Hall–Kier alpha value is -11.9. The minimum atomic E-state index is -3.15. The summed E-state index contributed by atoms with van der Waals surface area (Å²) in [4.78, 5) is 18.5. The highest BCUT2D eigenvalue weighted by Gasteiger charge is 2.49. The number of nitrogens with zero attached hydrogens (tertiary/aromatic N) is 5. The van der Waals surface area contributed by atoms with Gasteiger partial charge in [0, 0.05) is 45.4 Å². The van der Waals surface area contributed by atoms with Crippen LogP contribution >= 0.6 is 0 Å². The van der Waals surface area contributed by atoms with Crippen molar-refractivity contribution in [2.24, 2.45) is 9.98 Å². The number of para-hydroxylation sites is 3. The van der Waals surface area contributed by atoms with Gasteiger partial charge in [0.05, 0.1) is 5.69 Å². The van der Waals surface area contributed by atoms with Gasteiger partial charge in [0.15, 0.2) is 22.0 Å². The van der Waals surface area contributed by atoms with Crippen molar-refractivity contribution in [3.8, 4) is 0 Å². The highest BCUT2D eigenvalue weighted by Crippen LogP contribution is 2.47. The van der Waals surface area contributed by atoms with Crippen LogP contribution < -0.4 is 77.9 Å². The molecule has 454 valence electrons. The number of rotatable bonds is 14. The second-order valence-electron chi connectivity index (χ2n) is 24.8. The minimum absolute atomic E-state index is 0.231. The van der Waals surface area contributed by atoms with Crippen molar-refractivity contribution in [3.63, 3.8) is 0 Å². The third kappa shape index (κ3) is 9.86. The molecule has 3 heterocycles. The number of hydrogen-bond acceptors (Lipinski definition) is 6. The number of fused-ring (bicyclic) bond motifs is 4. The van der Waals surface area contributed by atoms with Crippen LogP contribution in [0, 0.1) is 0 Å². The summed E-state index contributed by atoms with van der Waals surface area (Å²) >= 11 is 0. The molecule has 9 heteroatoms. The lowest BCUT2D eigenvalue weighted by molar-refractivity contribution is 0.667. The predicted octanol–water partition coefficient (Wildman–Crippen LogP) is 12.8. The van der Waals surface area contributed by atoms with Crippen molar-refractivity contribution in [2.45, 2.75) is 6.17 Å². The molecule has 0 saturated heterocycles. The maximum Gasteiger partial charge on any atom is 0.252 e. The maximum absolute atomic E-state index is 5.67. The topological polar surface area (TPSA) is 46.5 Å². The van der Waals surface area contributed by atoms with Crippen LogP contribution in [0.3, 0.4) is 0 Å². The van der Waals surface area contributed by atoms with Gasteiger partial charge in [-0.25, -0.2) is 4.99 Å². The van der Waals surface area contributed by atoms with Gasteiger partial charge in [0.1, 0.15) is 6.17 Å². The highest BCUT2D eigenvalue weighted by molar-refractivity contribution is 7.20. The SMILES string of the molecule is c1ccc(C2=NC(c3ccccc3)NC(N3c4ccccc4B4c5ccc([Si](c6ccccc6)(c6ccccc6)c6ccccc6)cc5N(c5cccc([Si](c6ccccc6)(c6ccccc6)c6ccccc6)c5)c5cc(N(c6ccccc6)c6ccccc6)cc3c54)=N2)cc1. The molecule has 0 fully saturated rings. The lowest BCUT2D eigenvalue weighted by Crippen LogP contribution is -2.75. The monoisotopic (exact) mass is 1260 g/mol. The molecule has 96 heavy (non-hydrogen) atoms. The van der Waals surface area contributed by atoms with E-state index in [1.807, 2.05) is 0 Å². The zero-order chi connectivity index (χ0) is 63.8. The summed E-state index contributed by atoms with van der Waals surface area (Å²) < 4.78 is 0. The van der Waals surface area contributed by atoms with Crippen molar-refractivity contribution in [2.75, 3.05) is 14.7 Å². The first-order valence-electron chi connectivity index (χ1n) is 33.0. The van der Waals surface area contributed by atoms with Gasteiger partial charge in [-0.05, 0) is 124 Å². The molecule has 0 aliphatic carbocycles. The fraction of sp³-hybridized carbons (Fsp3) is 0.0115. The van der Waals surface area contributed by atoms with Crippen molar-refractivity contribution in [3.05, 3.63) is 393 Å². The minimum Gasteiger partial charge on any atom is -0.330 e. The Kier molecular flexibility index (Phi) is 15.0. The fourth-order valence-corrected chi connectivity index (χ4v) is 25.0. The van der Waals surface area contributed by atoms with E-state index in [2.05, 4.69) is 402 Å². The standard InChI is InChI=1S/C87H65BN6Si2/c1-11-34-64(35-12-1)85-89-86(65-36-13-2-14-37-65)91-87(90-85)94-80-57-32-31-56-78(80)88-79-59-58-77(96(73-49-25-8-26-50-73,74-51-27-9-28-52-74)75-53-29-10-30-54-75)63-81(79)93(82-61-69(62-83(94)84(82)88)92(66-38-15-3-16-39-66)67-40-17-4-18-41-67)68-42-33-55-76(60-68)95(70-43-19-5-20-44-70,71-45-21-6-22-46-71)72-47-23-7-24-48-72/h1-63,85H,(H,89,90,91). The second kappa shape index (κ2) is 24.9. The molecule has 3 aliphatic rings. The Bertz CT molecular complexity index is 4920. The van der Waals surface area contributed by atoms with Gasteiger partial charge in [-0.15, -0.1) is 0 Å². The molecule has 6 nitrogen and oxygen atoms in total. The van der Waals surface area contributed by atoms with E-state index in [1.54, 1.807) is 0 Å². The molecule has 14 aromatic carbocycles. The molecule has 1 atom stereocenters. The van der Waals surface area contributed by atoms with E-state index in [0.717, 1.165) is 56.6 Å². The Morgan fingerprint density at radius 3 is 1.20 bits per heavy atom. The number of anilines is 8. The molecular formula is C87H65BN6Si2. The zero-order valence-corrected chi connectivity index (χ0v) is 54.8. The second-order valence-corrected chi connectivity index (χ2v) is 32.4. The van der Waals surface area contributed by atoms with Crippen LogP contribution in [0.2, 0.25) is 0 Å². The number of aliphatic imine (C=N–C) groups is 2. The van der Waals surface area contributed by atoms with Crippen LogP contribution in [0.15, 0.2) is 392 Å². The number of amidine groups is 1. The molecule has 0 aromatic heterocycles. The van der Waals surface area contributed by atoms with Crippen LogP contribution in [0.25, 0.3) is 0 Å². The molecule has 1 unspecified atom stereocenters. The summed E-state index contributed by atoms with van der Waals surface area (Å²) in [5.74, 6) is 1.33. The third-order valence-corrected chi connectivity index (χ3v) is 29.1. The lowest BCUT2D eigenvalue weighted by atomic mass is 9.33. The molecule has 14 aromatic rings. The van der Waals surface area contributed by atoms with Crippen molar-refractivity contribution in [1.29, 1.82) is 0 Å². The summed E-state index contributed by atoms with van der Waals surface area (Å²) in [7, 11) is -6.26. The van der Waals surface area contributed by atoms with Gasteiger partial charge in [0.2, 0.25) is 5.96 Å². The van der Waals surface area contributed by atoms with E-state index >= 15 is 0 Å². The maximum atomic E-state index is 5.67. The van der Waals surface area contributed by atoms with E-state index < -0.39 is 22.3 Å². The largest absolute Gasteiger partial charge is 0.330 e. The average Bonchev–Trinajstić information content (AvgIpc) is 0.694. The van der Waals surface area contributed by atoms with Crippen LogP contribution in [-0.4, -0.2) is 34.7 Å². The van der Waals surface area contributed by atoms with Crippen molar-refractivity contribution in [1.82, 2.24) is 5.32 Å². The molecule has 0 bridgehead atoms. The van der Waals surface area contributed by atoms with E-state index in [9.17, 15) is 0 Å². The number of nitrogens with one attached hydrogen (secondary N) is 1. The van der Waals surface area contributed by atoms with Crippen LogP contribution in [-0.2, 0) is 0 Å². The van der Waals surface area contributed by atoms with Crippen LogP contribution in [0.1, 0.15) is 17.3 Å². The first-order valence-corrected chi connectivity index (χ1v) is 37.0. The first-order chi connectivity index (χ1) is 47.6. The summed E-state index contributed by atoms with van der Waals surface area (Å²) in [6.07, 6.45) is -0.451. The molecule has 0 radical (unpaired) electrons. The Balaban J connectivity index is 1.01. The normalized spacial score (nSPS) is 13.9. The molecule has 0 amide bonds. The number of hydrogen-bond donors (Lipinski definition) is 1. The van der Waals surface area contributed by atoms with Gasteiger partial charge in [-0.2, -0.15) is 4.99 Å². The Labute approximate surface area is 563 Å². The molecule has 17 rings (SSSR count). The number of benzene rings is 14. The zero-order valence-electron chi connectivity index (χ0n) is 52.8. The van der Waals surface area contributed by atoms with E-state index in [1.165, 1.54) is 57.9 Å². The lowest BCUT2D eigenvalue weighted by Gasteiger charge is -2.46.